The van der Waals surface area contributed by atoms with Crippen LogP contribution >= 0.6 is 11.3 Å². The molecule has 0 aliphatic rings. The number of thiophene rings is 1. The zero-order valence-electron chi connectivity index (χ0n) is 13.2. The zero-order chi connectivity index (χ0) is 16.8. The van der Waals surface area contributed by atoms with Crippen LogP contribution in [0.4, 0.5) is 0 Å². The van der Waals surface area contributed by atoms with Gasteiger partial charge in [-0.2, -0.15) is 0 Å². The van der Waals surface area contributed by atoms with Crippen LogP contribution in [-0.2, 0) is 24.9 Å². The van der Waals surface area contributed by atoms with Crippen LogP contribution in [0.3, 0.4) is 0 Å². The number of ketones is 1. The normalized spacial score (nSPS) is 10.5. The van der Waals surface area contributed by atoms with Gasteiger partial charge in [-0.25, -0.2) is 11.3 Å². The average molecular weight is 520 g/mol. The summed E-state index contributed by atoms with van der Waals surface area (Å²) < 4.78 is 2.31. The maximum atomic E-state index is 10.0. The summed E-state index contributed by atoms with van der Waals surface area (Å²) in [6.45, 7) is 2.85. The van der Waals surface area contributed by atoms with Crippen molar-refractivity contribution in [3.8, 4) is 10.6 Å². The molecule has 3 aromatic rings. The molecule has 0 unspecified atom stereocenters. The van der Waals surface area contributed by atoms with Crippen LogP contribution in [0.5, 0.6) is 0 Å². The maximum absolute atomic E-state index is 10.0. The van der Waals surface area contributed by atoms with E-state index in [1.165, 1.54) is 24.6 Å². The summed E-state index contributed by atoms with van der Waals surface area (Å²) in [6.07, 6.45) is 2.79. The molecule has 0 aliphatic carbocycles. The van der Waals surface area contributed by atoms with E-state index in [0.717, 1.165) is 20.7 Å². The second-order valence-electron chi connectivity index (χ2n) is 4.88. The molecule has 6 heteroatoms. The quantitative estimate of drug-likeness (QED) is 0.177. The van der Waals surface area contributed by atoms with E-state index in [4.69, 9.17) is 5.11 Å². The first-order valence-corrected chi connectivity index (χ1v) is 7.78. The third-order valence-electron chi connectivity index (χ3n) is 2.83. The summed E-state index contributed by atoms with van der Waals surface area (Å²) in [5.74, 6) is -0.0625. The number of carbonyl (C=O) groups excluding carboxylic acids is 1. The van der Waals surface area contributed by atoms with Crippen LogP contribution in [-0.4, -0.2) is 16.1 Å². The van der Waals surface area contributed by atoms with Crippen molar-refractivity contribution in [2.24, 2.45) is 0 Å². The standard InChI is InChI=1S/C13H9NOS.C5H8O2.Ir/c15-14-8-4-3-6-11(14)13-9-10-5-1-2-7-12(10)16-13;1-4(6)3-5(2)7;/h1-8,15H;3,6H,1-2H3;/b;4-3-;. The van der Waals surface area contributed by atoms with Crippen LogP contribution in [0, 0.1) is 6.07 Å². The number of allylic oxidation sites excluding steroid dienone is 2. The molecule has 127 valence electrons. The van der Waals surface area contributed by atoms with Crippen molar-refractivity contribution < 1.29 is 39.9 Å². The van der Waals surface area contributed by atoms with Crippen LogP contribution in [0.15, 0.2) is 60.5 Å². The summed E-state index contributed by atoms with van der Waals surface area (Å²) >= 11 is 1.63. The van der Waals surface area contributed by atoms with Crippen molar-refractivity contribution >= 4 is 27.2 Å². The number of hydrogen-bond acceptors (Lipinski definition) is 4. The van der Waals surface area contributed by atoms with Crippen molar-refractivity contribution in [3.05, 3.63) is 66.6 Å². The number of fused-ring (bicyclic) bond motifs is 1. The minimum absolute atomic E-state index is 0. The molecule has 24 heavy (non-hydrogen) atoms. The molecule has 0 saturated heterocycles. The van der Waals surface area contributed by atoms with Crippen LogP contribution in [0.1, 0.15) is 13.8 Å². The van der Waals surface area contributed by atoms with E-state index >= 15 is 0 Å². The predicted octanol–water partition coefficient (Wildman–Crippen LogP) is 3.93. The molecule has 0 saturated carbocycles. The Balaban J connectivity index is 0.000000312. The molecular weight excluding hydrogens is 502 g/mol. The van der Waals surface area contributed by atoms with Gasteiger partial charge in [-0.05, 0) is 29.3 Å². The van der Waals surface area contributed by atoms with Gasteiger partial charge in [-0.3, -0.25) is 10.0 Å². The monoisotopic (exact) mass is 520 g/mol. The number of carbonyl (C=O) groups is 1. The summed E-state index contributed by atoms with van der Waals surface area (Å²) in [6, 6.07) is 16.9. The van der Waals surface area contributed by atoms with Crippen LogP contribution in [0.2, 0.25) is 0 Å². The molecule has 0 amide bonds. The van der Waals surface area contributed by atoms with Gasteiger partial charge in [0.25, 0.3) is 0 Å². The number of aliphatic hydroxyl groups is 1. The van der Waals surface area contributed by atoms with Crippen LogP contribution in [0.25, 0.3) is 20.7 Å². The fourth-order valence-corrected chi connectivity index (χ4v) is 2.96. The predicted molar refractivity (Wildman–Crippen MR) is 90.5 cm³/mol. The molecule has 2 N–H and O–H groups in total. The third-order valence-corrected chi connectivity index (χ3v) is 3.92. The molecule has 4 nitrogen and oxygen atoms in total. The Morgan fingerprint density at radius 2 is 1.83 bits per heavy atom. The fraction of sp³-hybridized carbons (Fsp3) is 0.111. The Morgan fingerprint density at radius 1 is 1.17 bits per heavy atom. The van der Waals surface area contributed by atoms with E-state index in [-0.39, 0.29) is 31.6 Å². The Hall–Kier alpha value is -2.01. The molecule has 0 atom stereocenters. The third kappa shape index (κ3) is 5.57. The van der Waals surface area contributed by atoms with Gasteiger partial charge in [0.2, 0.25) is 11.9 Å². The number of benzene rings is 1. The van der Waals surface area contributed by atoms with Crippen molar-refractivity contribution in [2.75, 3.05) is 0 Å². The summed E-state index contributed by atoms with van der Waals surface area (Å²) in [4.78, 5) is 11.0. The number of pyridine rings is 1. The van der Waals surface area contributed by atoms with Crippen LogP contribution < -0.4 is 4.73 Å². The van der Waals surface area contributed by atoms with Crippen molar-refractivity contribution in [1.82, 2.24) is 0 Å². The van der Waals surface area contributed by atoms with Crippen molar-refractivity contribution in [3.63, 3.8) is 0 Å². The van der Waals surface area contributed by atoms with E-state index in [0.29, 0.717) is 0 Å². The number of aliphatic hydroxyl groups excluding tert-OH is 1. The van der Waals surface area contributed by atoms with Gasteiger partial charge in [0.1, 0.15) is 0 Å². The van der Waals surface area contributed by atoms with Gasteiger partial charge in [0, 0.05) is 37.1 Å². The molecule has 1 aromatic carbocycles. The Kier molecular flexibility index (Phi) is 7.78. The molecule has 0 fully saturated rings. The van der Waals surface area contributed by atoms with E-state index in [1.54, 1.807) is 23.6 Å². The summed E-state index contributed by atoms with van der Waals surface area (Å²) in [5, 5.41) is 19.1. The first-order chi connectivity index (χ1) is 11.0. The summed E-state index contributed by atoms with van der Waals surface area (Å²) in [7, 11) is 0. The second kappa shape index (κ2) is 9.33. The first kappa shape index (κ1) is 20.0. The largest absolute Gasteiger partial charge is 0.512 e. The second-order valence-corrected chi connectivity index (χ2v) is 5.93. The molecule has 0 spiro atoms. The summed E-state index contributed by atoms with van der Waals surface area (Å²) in [5.41, 5.74) is 0.767. The van der Waals surface area contributed by atoms with E-state index in [1.807, 2.05) is 30.3 Å². The minimum atomic E-state index is -0.125. The average Bonchev–Trinajstić information content (AvgIpc) is 2.90. The molecule has 1 radical (unpaired) electrons. The molecule has 2 aromatic heterocycles. The van der Waals surface area contributed by atoms with Gasteiger partial charge in [-0.15, -0.1) is 23.6 Å². The van der Waals surface area contributed by atoms with E-state index in [9.17, 15) is 10.0 Å². The molecular formula is C18H17IrNO3S. The molecule has 0 aliphatic heterocycles. The molecule has 2 heterocycles. The van der Waals surface area contributed by atoms with Crippen molar-refractivity contribution in [1.29, 1.82) is 0 Å². The fourth-order valence-electron chi connectivity index (χ4n) is 1.94. The van der Waals surface area contributed by atoms with Gasteiger partial charge in [0.05, 0.1) is 5.76 Å². The maximum Gasteiger partial charge on any atom is 0.212 e. The van der Waals surface area contributed by atoms with Gasteiger partial charge < -0.3 is 5.11 Å². The topological polar surface area (TPSA) is 61.4 Å². The molecule has 3 rings (SSSR count). The van der Waals surface area contributed by atoms with Gasteiger partial charge in [-0.1, -0.05) is 18.2 Å². The number of aromatic nitrogens is 1. The zero-order valence-corrected chi connectivity index (χ0v) is 16.4. The number of rotatable bonds is 2. The number of hydrogen-bond donors (Lipinski definition) is 2. The Bertz CT molecular complexity index is 821. The Labute approximate surface area is 158 Å². The first-order valence-electron chi connectivity index (χ1n) is 6.96. The van der Waals surface area contributed by atoms with Gasteiger partial charge in [0.15, 0.2) is 5.78 Å². The smallest absolute Gasteiger partial charge is 0.212 e. The molecule has 0 bridgehead atoms. The minimum Gasteiger partial charge on any atom is -0.512 e. The van der Waals surface area contributed by atoms with E-state index < -0.39 is 0 Å². The Morgan fingerprint density at radius 3 is 2.38 bits per heavy atom. The van der Waals surface area contributed by atoms with E-state index in [2.05, 4.69) is 12.1 Å². The van der Waals surface area contributed by atoms with Gasteiger partial charge >= 0.3 is 0 Å². The number of nitrogens with zero attached hydrogens (tertiary/aromatic N) is 1. The van der Waals surface area contributed by atoms with Crippen molar-refractivity contribution in [2.45, 2.75) is 13.8 Å². The SMILES string of the molecule is CC(=O)/C=C(/C)O.O[n+]1ccccc1-c1[c-]c2ccccc2s1.[Ir].